The summed E-state index contributed by atoms with van der Waals surface area (Å²) in [7, 11) is 0. The van der Waals surface area contributed by atoms with Crippen LogP contribution in [0.4, 0.5) is 0 Å². The highest BCUT2D eigenvalue weighted by Crippen LogP contribution is 2.34. The molecule has 1 aromatic carbocycles. The van der Waals surface area contributed by atoms with Crippen molar-refractivity contribution in [1.82, 2.24) is 35.1 Å². The minimum absolute atomic E-state index is 0.157. The third-order valence-corrected chi connectivity index (χ3v) is 6.64. The summed E-state index contributed by atoms with van der Waals surface area (Å²) < 4.78 is 18.7. The highest BCUT2D eigenvalue weighted by atomic mass is 16.6. The summed E-state index contributed by atoms with van der Waals surface area (Å²) in [6.45, 7) is 4.41. The van der Waals surface area contributed by atoms with Gasteiger partial charge in [0.15, 0.2) is 17.3 Å². The number of benzene rings is 1. The largest absolute Gasteiger partial charge is 0.486 e. The van der Waals surface area contributed by atoms with Crippen LogP contribution in [0, 0.1) is 0 Å². The first-order chi connectivity index (χ1) is 18.7. The van der Waals surface area contributed by atoms with E-state index in [0.717, 1.165) is 23.1 Å². The normalized spacial score (nSPS) is 13.7. The van der Waals surface area contributed by atoms with E-state index in [1.807, 2.05) is 48.7 Å². The Morgan fingerprint density at radius 1 is 1.11 bits per heavy atom. The molecule has 11 nitrogen and oxygen atoms in total. The van der Waals surface area contributed by atoms with E-state index in [-0.39, 0.29) is 11.6 Å². The number of nitrogens with zero attached hydrogens (tertiary/aromatic N) is 6. The van der Waals surface area contributed by atoms with Gasteiger partial charge in [0.2, 0.25) is 0 Å². The average molecular weight is 514 g/mol. The molecule has 194 valence electrons. The van der Waals surface area contributed by atoms with E-state index in [4.69, 9.17) is 13.9 Å². The zero-order valence-corrected chi connectivity index (χ0v) is 20.9. The Balaban J connectivity index is 1.36. The Morgan fingerprint density at radius 3 is 2.74 bits per heavy atom. The number of rotatable bonds is 9. The van der Waals surface area contributed by atoms with Gasteiger partial charge in [-0.05, 0) is 52.7 Å². The van der Waals surface area contributed by atoms with E-state index in [2.05, 4.69) is 37.3 Å². The van der Waals surface area contributed by atoms with Crippen molar-refractivity contribution >= 4 is 10.9 Å². The number of aromatic nitrogens is 6. The molecule has 0 bridgehead atoms. The predicted octanol–water partition coefficient (Wildman–Crippen LogP) is 3.48. The van der Waals surface area contributed by atoms with E-state index in [0.29, 0.717) is 61.3 Å². The molecule has 0 unspecified atom stereocenters. The van der Waals surface area contributed by atoms with Gasteiger partial charge >= 0.3 is 0 Å². The van der Waals surface area contributed by atoms with Crippen LogP contribution < -0.4 is 15.0 Å². The Morgan fingerprint density at radius 2 is 1.97 bits per heavy atom. The number of furan rings is 1. The molecular weight excluding hydrogens is 486 g/mol. The second-order valence-corrected chi connectivity index (χ2v) is 9.17. The van der Waals surface area contributed by atoms with Crippen LogP contribution in [-0.2, 0) is 19.6 Å². The smallest absolute Gasteiger partial charge is 0.252 e. The summed E-state index contributed by atoms with van der Waals surface area (Å²) in [5, 5.41) is 13.4. The van der Waals surface area contributed by atoms with Crippen molar-refractivity contribution in [3.05, 3.63) is 94.2 Å². The van der Waals surface area contributed by atoms with E-state index >= 15 is 0 Å². The molecule has 1 aliphatic rings. The summed E-state index contributed by atoms with van der Waals surface area (Å²) in [4.78, 5) is 22.7. The van der Waals surface area contributed by atoms with Crippen molar-refractivity contribution in [2.45, 2.75) is 39.0 Å². The van der Waals surface area contributed by atoms with E-state index in [1.54, 1.807) is 17.1 Å². The molecule has 11 heteroatoms. The third kappa shape index (κ3) is 4.88. The molecule has 0 radical (unpaired) electrons. The van der Waals surface area contributed by atoms with Crippen LogP contribution in [0.1, 0.15) is 42.1 Å². The van der Waals surface area contributed by atoms with Crippen molar-refractivity contribution in [2.24, 2.45) is 0 Å². The minimum atomic E-state index is -0.171. The number of pyridine rings is 2. The zero-order chi connectivity index (χ0) is 25.9. The van der Waals surface area contributed by atoms with Crippen molar-refractivity contribution in [1.29, 1.82) is 0 Å². The molecule has 0 fully saturated rings. The Hall–Kier alpha value is -4.51. The summed E-state index contributed by atoms with van der Waals surface area (Å²) in [6, 6.07) is 13.1. The molecule has 4 aromatic heterocycles. The third-order valence-electron chi connectivity index (χ3n) is 6.64. The molecular formula is C27H27N7O4. The Labute approximate surface area is 218 Å². The first kappa shape index (κ1) is 23.9. The number of nitrogens with one attached hydrogen (secondary N) is 1. The molecule has 0 saturated carbocycles. The topological polar surface area (TPSA) is 124 Å². The number of hydrogen-bond donors (Lipinski definition) is 1. The zero-order valence-electron chi connectivity index (χ0n) is 20.9. The van der Waals surface area contributed by atoms with E-state index < -0.39 is 0 Å². The lowest BCUT2D eigenvalue weighted by atomic mass is 10.1. The van der Waals surface area contributed by atoms with Gasteiger partial charge in [0.1, 0.15) is 25.5 Å². The molecule has 0 amide bonds. The molecule has 5 aromatic rings. The number of hydrogen-bond acceptors (Lipinski definition) is 9. The lowest BCUT2D eigenvalue weighted by Crippen LogP contribution is -2.32. The summed E-state index contributed by atoms with van der Waals surface area (Å²) in [5.41, 5.74) is 2.20. The lowest BCUT2D eigenvalue weighted by molar-refractivity contribution is 0.160. The maximum Gasteiger partial charge on any atom is 0.252 e. The number of ether oxygens (including phenoxy) is 2. The van der Waals surface area contributed by atoms with E-state index in [1.165, 1.54) is 0 Å². The van der Waals surface area contributed by atoms with Crippen molar-refractivity contribution in [3.63, 3.8) is 0 Å². The van der Waals surface area contributed by atoms with Gasteiger partial charge in [0.25, 0.3) is 5.56 Å². The molecule has 1 aliphatic heterocycles. The second kappa shape index (κ2) is 10.5. The van der Waals surface area contributed by atoms with Gasteiger partial charge in [0.05, 0.1) is 17.8 Å². The maximum atomic E-state index is 13.2. The SMILES string of the molecule is CC[C@@H](c1nnnn1Cc1ccco1)N(Cc1cccnc1)Cc1cc2cc3c(cc2[nH]c1=O)OCCO3. The highest BCUT2D eigenvalue weighted by Gasteiger charge is 2.27. The molecule has 1 atom stereocenters. The van der Waals surface area contributed by atoms with Crippen LogP contribution in [0.5, 0.6) is 11.5 Å². The van der Waals surface area contributed by atoms with Gasteiger partial charge in [-0.15, -0.1) is 5.10 Å². The van der Waals surface area contributed by atoms with Crippen LogP contribution in [-0.4, -0.2) is 48.3 Å². The molecule has 5 heterocycles. The molecule has 38 heavy (non-hydrogen) atoms. The number of tetrazole rings is 1. The second-order valence-electron chi connectivity index (χ2n) is 9.17. The first-order valence-electron chi connectivity index (χ1n) is 12.5. The molecule has 0 aliphatic carbocycles. The minimum Gasteiger partial charge on any atom is -0.486 e. The molecule has 0 saturated heterocycles. The fourth-order valence-corrected chi connectivity index (χ4v) is 4.84. The molecule has 0 spiro atoms. The number of H-pyrrole nitrogens is 1. The van der Waals surface area contributed by atoms with Gasteiger partial charge < -0.3 is 18.9 Å². The van der Waals surface area contributed by atoms with Crippen LogP contribution in [0.15, 0.2) is 70.3 Å². The van der Waals surface area contributed by atoms with Gasteiger partial charge in [0, 0.05) is 42.5 Å². The van der Waals surface area contributed by atoms with Gasteiger partial charge in [-0.25, -0.2) is 4.68 Å². The van der Waals surface area contributed by atoms with Gasteiger partial charge in [-0.3, -0.25) is 14.7 Å². The highest BCUT2D eigenvalue weighted by molar-refractivity contribution is 5.83. The van der Waals surface area contributed by atoms with Crippen LogP contribution >= 0.6 is 0 Å². The molecule has 1 N–H and O–H groups in total. The van der Waals surface area contributed by atoms with Gasteiger partial charge in [-0.1, -0.05) is 13.0 Å². The number of fused-ring (bicyclic) bond motifs is 2. The summed E-state index contributed by atoms with van der Waals surface area (Å²) >= 11 is 0. The Bertz CT molecular complexity index is 1580. The monoisotopic (exact) mass is 513 g/mol. The average Bonchev–Trinajstić information content (AvgIpc) is 3.62. The fraction of sp³-hybridized carbons (Fsp3) is 0.296. The maximum absolute atomic E-state index is 13.2. The van der Waals surface area contributed by atoms with Crippen LogP contribution in [0.2, 0.25) is 0 Å². The summed E-state index contributed by atoms with van der Waals surface area (Å²) in [6.07, 6.45) is 5.93. The van der Waals surface area contributed by atoms with Gasteiger partial charge in [-0.2, -0.15) is 0 Å². The molecule has 6 rings (SSSR count). The first-order valence-corrected chi connectivity index (χ1v) is 12.5. The van der Waals surface area contributed by atoms with Crippen molar-refractivity contribution < 1.29 is 13.9 Å². The van der Waals surface area contributed by atoms with Crippen LogP contribution in [0.25, 0.3) is 10.9 Å². The Kier molecular flexibility index (Phi) is 6.57. The fourth-order valence-electron chi connectivity index (χ4n) is 4.84. The predicted molar refractivity (Wildman–Crippen MR) is 138 cm³/mol. The lowest BCUT2D eigenvalue weighted by Gasteiger charge is -2.30. The summed E-state index contributed by atoms with van der Waals surface area (Å²) in [5.74, 6) is 2.77. The van der Waals surface area contributed by atoms with E-state index in [9.17, 15) is 4.79 Å². The van der Waals surface area contributed by atoms with Crippen LogP contribution in [0.3, 0.4) is 0 Å². The van der Waals surface area contributed by atoms with Crippen molar-refractivity contribution in [2.75, 3.05) is 13.2 Å². The van der Waals surface area contributed by atoms with Crippen molar-refractivity contribution in [3.8, 4) is 11.5 Å². The standard InChI is InChI=1S/C27H27N7O4/c1-2-23(26-30-31-32-34(26)17-21-6-4-8-36-21)33(15-18-5-3-7-28-14-18)16-20-11-19-12-24-25(38-10-9-37-24)13-22(19)29-27(20)35/h3-8,11-14,23H,2,9-10,15-17H2,1H3,(H,29,35)/t23-/m0/s1. The number of aromatic amines is 1. The quantitative estimate of drug-likeness (QED) is 0.315.